The number of rotatable bonds is 6. The topological polar surface area (TPSA) is 81.4 Å². The number of ether oxygens (including phenoxy) is 1. The number of carbonyl (C=O) groups is 2. The average molecular weight is 439 g/mol. The molecule has 0 fully saturated rings. The van der Waals surface area contributed by atoms with Crippen LogP contribution in [0.4, 0.5) is 5.00 Å². The molecule has 0 unspecified atom stereocenters. The lowest BCUT2D eigenvalue weighted by atomic mass is 9.85. The van der Waals surface area contributed by atoms with Crippen LogP contribution in [0.3, 0.4) is 0 Å². The number of anilines is 1. The fourth-order valence-corrected chi connectivity index (χ4v) is 5.45. The van der Waals surface area contributed by atoms with Crippen LogP contribution in [0.2, 0.25) is 0 Å². The van der Waals surface area contributed by atoms with Crippen molar-refractivity contribution in [3.63, 3.8) is 0 Å². The fraction of sp³-hybridized carbons (Fsp3) is 0.375. The van der Waals surface area contributed by atoms with Crippen molar-refractivity contribution in [2.24, 2.45) is 5.92 Å². The number of nitrogens with one attached hydrogen (secondary N) is 1. The summed E-state index contributed by atoms with van der Waals surface area (Å²) in [5, 5.41) is 7.62. The maximum Gasteiger partial charge on any atom is 0.341 e. The summed E-state index contributed by atoms with van der Waals surface area (Å²) in [6.07, 6.45) is 3.91. The van der Waals surface area contributed by atoms with Gasteiger partial charge in [-0.25, -0.2) is 4.79 Å². The third kappa shape index (κ3) is 4.14. The first-order valence-electron chi connectivity index (χ1n) is 10.7. The minimum absolute atomic E-state index is 0.289. The highest BCUT2D eigenvalue weighted by atomic mass is 32.1. The van der Waals surface area contributed by atoms with E-state index in [1.165, 1.54) is 16.2 Å². The number of aromatic nitrogens is 1. The molecule has 1 amide bonds. The SMILES string of the molecule is CCOC(=O)c1c(NC(=O)c2c(-c3ccccc3)noc2C)sc2c1CC[C@H](CC)C2. The molecule has 7 heteroatoms. The van der Waals surface area contributed by atoms with E-state index in [0.29, 0.717) is 33.5 Å². The number of benzene rings is 1. The second-order valence-corrected chi connectivity index (χ2v) is 8.83. The van der Waals surface area contributed by atoms with Gasteiger partial charge in [0.15, 0.2) is 0 Å². The number of hydrogen-bond donors (Lipinski definition) is 1. The number of carbonyl (C=O) groups excluding carboxylic acids is 2. The lowest BCUT2D eigenvalue weighted by Crippen LogP contribution is -2.17. The largest absolute Gasteiger partial charge is 0.462 e. The van der Waals surface area contributed by atoms with Crippen LogP contribution < -0.4 is 5.32 Å². The number of nitrogens with zero attached hydrogens (tertiary/aromatic N) is 1. The van der Waals surface area contributed by atoms with Gasteiger partial charge in [0.1, 0.15) is 22.0 Å². The highest BCUT2D eigenvalue weighted by Gasteiger charge is 2.31. The maximum atomic E-state index is 13.3. The van der Waals surface area contributed by atoms with E-state index in [1.807, 2.05) is 30.3 Å². The van der Waals surface area contributed by atoms with E-state index in [2.05, 4.69) is 17.4 Å². The predicted octanol–water partition coefficient (Wildman–Crippen LogP) is 5.66. The van der Waals surface area contributed by atoms with Gasteiger partial charge in [-0.2, -0.15) is 0 Å². The van der Waals surface area contributed by atoms with Crippen molar-refractivity contribution in [2.45, 2.75) is 46.5 Å². The lowest BCUT2D eigenvalue weighted by molar-refractivity contribution is 0.0526. The fourth-order valence-electron chi connectivity index (χ4n) is 4.11. The van der Waals surface area contributed by atoms with Crippen molar-refractivity contribution in [3.05, 3.63) is 57.7 Å². The van der Waals surface area contributed by atoms with Crippen LogP contribution in [-0.4, -0.2) is 23.6 Å². The lowest BCUT2D eigenvalue weighted by Gasteiger charge is -2.20. The third-order valence-electron chi connectivity index (χ3n) is 5.79. The average Bonchev–Trinajstić information content (AvgIpc) is 3.33. The van der Waals surface area contributed by atoms with Crippen molar-refractivity contribution < 1.29 is 18.8 Å². The summed E-state index contributed by atoms with van der Waals surface area (Å²) in [6.45, 7) is 5.98. The zero-order valence-corrected chi connectivity index (χ0v) is 18.8. The van der Waals surface area contributed by atoms with Crippen LogP contribution in [0.15, 0.2) is 34.9 Å². The molecule has 2 aromatic heterocycles. The first-order chi connectivity index (χ1) is 15.0. The van der Waals surface area contributed by atoms with Crippen LogP contribution in [0.5, 0.6) is 0 Å². The molecule has 1 aliphatic rings. The first kappa shape index (κ1) is 21.3. The summed E-state index contributed by atoms with van der Waals surface area (Å²) in [7, 11) is 0. The van der Waals surface area contributed by atoms with Crippen molar-refractivity contribution in [1.82, 2.24) is 5.16 Å². The summed E-state index contributed by atoms with van der Waals surface area (Å²) < 4.78 is 10.7. The Labute approximate surface area is 185 Å². The molecule has 1 atom stereocenters. The molecule has 1 N–H and O–H groups in total. The summed E-state index contributed by atoms with van der Waals surface area (Å²) in [6, 6.07) is 9.44. The molecular weight excluding hydrogens is 412 g/mol. The van der Waals surface area contributed by atoms with E-state index in [4.69, 9.17) is 9.26 Å². The number of aryl methyl sites for hydroxylation is 1. The highest BCUT2D eigenvalue weighted by Crippen LogP contribution is 2.41. The van der Waals surface area contributed by atoms with Gasteiger partial charge >= 0.3 is 5.97 Å². The molecule has 0 saturated heterocycles. The van der Waals surface area contributed by atoms with Crippen molar-refractivity contribution in [1.29, 1.82) is 0 Å². The van der Waals surface area contributed by atoms with Gasteiger partial charge in [-0.15, -0.1) is 11.3 Å². The first-order valence-corrected chi connectivity index (χ1v) is 11.5. The van der Waals surface area contributed by atoms with Gasteiger partial charge in [-0.3, -0.25) is 4.79 Å². The van der Waals surface area contributed by atoms with E-state index < -0.39 is 0 Å². The van der Waals surface area contributed by atoms with Crippen molar-refractivity contribution >= 4 is 28.2 Å². The Bertz CT molecular complexity index is 1100. The van der Waals surface area contributed by atoms with E-state index in [1.54, 1.807) is 13.8 Å². The molecule has 162 valence electrons. The Hall–Kier alpha value is -2.93. The standard InChI is InChI=1S/C24H26N2O4S/c1-4-15-11-12-17-18(13-15)31-23(20(17)24(28)29-5-2)25-22(27)19-14(3)30-26-21(19)16-9-7-6-8-10-16/h6-10,15H,4-5,11-13H2,1-3H3,(H,25,27)/t15-/m0/s1. The Balaban J connectivity index is 1.70. The Morgan fingerprint density at radius 3 is 2.71 bits per heavy atom. The van der Waals surface area contributed by atoms with Gasteiger partial charge in [-0.1, -0.05) is 48.8 Å². The maximum absolute atomic E-state index is 13.3. The number of esters is 1. The van der Waals surface area contributed by atoms with Gasteiger partial charge in [0.05, 0.1) is 12.2 Å². The van der Waals surface area contributed by atoms with Gasteiger partial charge < -0.3 is 14.6 Å². The zero-order valence-electron chi connectivity index (χ0n) is 18.0. The highest BCUT2D eigenvalue weighted by molar-refractivity contribution is 7.17. The van der Waals surface area contributed by atoms with Crippen LogP contribution in [-0.2, 0) is 17.6 Å². The normalized spacial score (nSPS) is 15.4. The van der Waals surface area contributed by atoms with E-state index in [0.717, 1.165) is 36.8 Å². The molecule has 3 aromatic rings. The molecule has 4 rings (SSSR count). The monoisotopic (exact) mass is 438 g/mol. The summed E-state index contributed by atoms with van der Waals surface area (Å²) in [5.74, 6) is 0.320. The minimum Gasteiger partial charge on any atom is -0.462 e. The quantitative estimate of drug-likeness (QED) is 0.503. The van der Waals surface area contributed by atoms with Crippen LogP contribution in [0.1, 0.15) is 63.6 Å². The van der Waals surface area contributed by atoms with E-state index >= 15 is 0 Å². The van der Waals surface area contributed by atoms with E-state index in [-0.39, 0.29) is 18.5 Å². The zero-order chi connectivity index (χ0) is 22.0. The predicted molar refractivity (Wildman–Crippen MR) is 121 cm³/mol. The molecule has 0 saturated carbocycles. The molecule has 31 heavy (non-hydrogen) atoms. The number of fused-ring (bicyclic) bond motifs is 1. The number of hydrogen-bond acceptors (Lipinski definition) is 6. The smallest absolute Gasteiger partial charge is 0.341 e. The molecule has 6 nitrogen and oxygen atoms in total. The van der Waals surface area contributed by atoms with Crippen molar-refractivity contribution in [2.75, 3.05) is 11.9 Å². The third-order valence-corrected chi connectivity index (χ3v) is 6.96. The minimum atomic E-state index is -0.379. The molecular formula is C24H26N2O4S. The second-order valence-electron chi connectivity index (χ2n) is 7.73. The van der Waals surface area contributed by atoms with Gasteiger partial charge in [0.25, 0.3) is 5.91 Å². The molecule has 0 spiro atoms. The Morgan fingerprint density at radius 1 is 1.23 bits per heavy atom. The molecule has 1 aliphatic carbocycles. The summed E-state index contributed by atoms with van der Waals surface area (Å²) in [5.41, 5.74) is 3.18. The Morgan fingerprint density at radius 2 is 2.00 bits per heavy atom. The van der Waals surface area contributed by atoms with Crippen LogP contribution in [0.25, 0.3) is 11.3 Å². The van der Waals surface area contributed by atoms with Gasteiger partial charge in [0, 0.05) is 10.4 Å². The van der Waals surface area contributed by atoms with E-state index in [9.17, 15) is 9.59 Å². The van der Waals surface area contributed by atoms with Crippen molar-refractivity contribution in [3.8, 4) is 11.3 Å². The van der Waals surface area contributed by atoms with Gasteiger partial charge in [0.2, 0.25) is 0 Å². The molecule has 2 heterocycles. The van der Waals surface area contributed by atoms with Crippen LogP contribution >= 0.6 is 11.3 Å². The molecule has 1 aromatic carbocycles. The summed E-state index contributed by atoms with van der Waals surface area (Å²) in [4.78, 5) is 27.2. The number of thiophene rings is 1. The van der Waals surface area contributed by atoms with Gasteiger partial charge in [-0.05, 0) is 44.6 Å². The second kappa shape index (κ2) is 9.06. The number of amides is 1. The molecule has 0 radical (unpaired) electrons. The Kier molecular flexibility index (Phi) is 6.23. The summed E-state index contributed by atoms with van der Waals surface area (Å²) >= 11 is 1.48. The molecule has 0 aliphatic heterocycles. The van der Waals surface area contributed by atoms with Crippen LogP contribution in [0, 0.1) is 12.8 Å². The molecule has 0 bridgehead atoms.